The third-order valence-corrected chi connectivity index (χ3v) is 3.82. The van der Waals surface area contributed by atoms with E-state index < -0.39 is 0 Å². The van der Waals surface area contributed by atoms with E-state index in [-0.39, 0.29) is 17.7 Å². The van der Waals surface area contributed by atoms with Gasteiger partial charge in [0, 0.05) is 31.4 Å². The Morgan fingerprint density at radius 2 is 2.13 bits per heavy atom. The Balaban J connectivity index is 1.44. The molecule has 3 rings (SSSR count). The molecule has 0 saturated heterocycles. The van der Waals surface area contributed by atoms with Crippen LogP contribution in [0.15, 0.2) is 47.4 Å². The van der Waals surface area contributed by atoms with Crippen LogP contribution in [-0.4, -0.2) is 35.1 Å². The first-order valence-corrected chi connectivity index (χ1v) is 7.86. The first-order valence-electron chi connectivity index (χ1n) is 7.86. The lowest BCUT2D eigenvalue weighted by molar-refractivity contribution is 0.0882. The van der Waals surface area contributed by atoms with Crippen LogP contribution >= 0.6 is 0 Å². The fourth-order valence-corrected chi connectivity index (χ4v) is 2.47. The summed E-state index contributed by atoms with van der Waals surface area (Å²) in [5, 5.41) is 7.48. The molecule has 1 aromatic carbocycles. The van der Waals surface area contributed by atoms with Gasteiger partial charge in [0.05, 0.1) is 0 Å². The van der Waals surface area contributed by atoms with E-state index in [4.69, 9.17) is 9.47 Å². The van der Waals surface area contributed by atoms with Gasteiger partial charge in [-0.3, -0.25) is 4.79 Å². The van der Waals surface area contributed by atoms with Gasteiger partial charge in [-0.25, -0.2) is 4.68 Å². The second-order valence-corrected chi connectivity index (χ2v) is 5.68. The van der Waals surface area contributed by atoms with Crippen molar-refractivity contribution >= 4 is 0 Å². The highest BCUT2D eigenvalue weighted by atomic mass is 16.6. The summed E-state index contributed by atoms with van der Waals surface area (Å²) in [6, 6.07) is 11.1. The molecular formula is C17H21N3O3. The quantitative estimate of drug-likeness (QED) is 0.874. The summed E-state index contributed by atoms with van der Waals surface area (Å²) in [4.78, 5) is 11.6. The molecule has 0 amide bonds. The normalized spacial score (nSPS) is 17.7. The van der Waals surface area contributed by atoms with Crippen LogP contribution in [0.25, 0.3) is 0 Å². The van der Waals surface area contributed by atoms with Crippen LogP contribution < -0.4 is 20.3 Å². The van der Waals surface area contributed by atoms with Gasteiger partial charge in [0.1, 0.15) is 12.7 Å². The second kappa shape index (κ2) is 7.28. The number of para-hydroxylation sites is 2. The molecule has 2 atom stereocenters. The Kier molecular flexibility index (Phi) is 4.92. The molecular weight excluding hydrogens is 294 g/mol. The van der Waals surface area contributed by atoms with Crippen LogP contribution in [0.1, 0.15) is 13.3 Å². The number of nitrogens with one attached hydrogen (secondary N) is 1. The van der Waals surface area contributed by atoms with Crippen molar-refractivity contribution in [3.8, 4) is 11.5 Å². The highest BCUT2D eigenvalue weighted by Crippen LogP contribution is 2.30. The van der Waals surface area contributed by atoms with Crippen LogP contribution in [0.3, 0.4) is 0 Å². The molecule has 2 aromatic rings. The standard InChI is InChI=1S/C17H21N3O3/c1-13(8-10-20-17(21)7-4-9-19-20)18-11-14-12-22-15-5-2-3-6-16(15)23-14/h2-7,9,13-14,18H,8,10-12H2,1H3. The molecule has 0 radical (unpaired) electrons. The van der Waals surface area contributed by atoms with E-state index in [1.54, 1.807) is 12.3 Å². The van der Waals surface area contributed by atoms with Crippen LogP contribution in [0.4, 0.5) is 0 Å². The van der Waals surface area contributed by atoms with E-state index in [0.29, 0.717) is 19.7 Å². The van der Waals surface area contributed by atoms with Crippen molar-refractivity contribution in [3.63, 3.8) is 0 Å². The summed E-state index contributed by atoms with van der Waals surface area (Å²) in [7, 11) is 0. The average molecular weight is 315 g/mol. The third-order valence-electron chi connectivity index (χ3n) is 3.82. The van der Waals surface area contributed by atoms with Crippen LogP contribution in [0, 0.1) is 0 Å². The fraction of sp³-hybridized carbons (Fsp3) is 0.412. The van der Waals surface area contributed by atoms with Crippen molar-refractivity contribution in [3.05, 3.63) is 52.9 Å². The SMILES string of the molecule is CC(CCn1ncccc1=O)NCC1COc2ccccc2O1. The molecule has 1 aromatic heterocycles. The smallest absolute Gasteiger partial charge is 0.266 e. The maximum Gasteiger partial charge on any atom is 0.266 e. The molecule has 2 heterocycles. The van der Waals surface area contributed by atoms with Crippen LogP contribution in [0.2, 0.25) is 0 Å². The van der Waals surface area contributed by atoms with E-state index >= 15 is 0 Å². The van der Waals surface area contributed by atoms with Crippen LogP contribution in [0.5, 0.6) is 11.5 Å². The molecule has 0 spiro atoms. The molecule has 0 fully saturated rings. The van der Waals surface area contributed by atoms with E-state index in [1.807, 2.05) is 24.3 Å². The molecule has 2 unspecified atom stereocenters. The largest absolute Gasteiger partial charge is 0.486 e. The molecule has 0 aliphatic carbocycles. The van der Waals surface area contributed by atoms with Gasteiger partial charge < -0.3 is 14.8 Å². The number of hydrogen-bond acceptors (Lipinski definition) is 5. The number of nitrogens with zero attached hydrogens (tertiary/aromatic N) is 2. The summed E-state index contributed by atoms with van der Waals surface area (Å²) in [5.74, 6) is 1.59. The Morgan fingerprint density at radius 3 is 2.96 bits per heavy atom. The zero-order chi connectivity index (χ0) is 16.1. The molecule has 6 heteroatoms. The van der Waals surface area contributed by atoms with E-state index in [1.165, 1.54) is 10.7 Å². The van der Waals surface area contributed by atoms with Gasteiger partial charge >= 0.3 is 0 Å². The second-order valence-electron chi connectivity index (χ2n) is 5.68. The van der Waals surface area contributed by atoms with Crippen molar-refractivity contribution in [1.82, 2.24) is 15.1 Å². The van der Waals surface area contributed by atoms with Crippen molar-refractivity contribution in [2.24, 2.45) is 0 Å². The van der Waals surface area contributed by atoms with Gasteiger partial charge in [-0.2, -0.15) is 5.10 Å². The monoisotopic (exact) mass is 315 g/mol. The van der Waals surface area contributed by atoms with Crippen molar-refractivity contribution in [1.29, 1.82) is 0 Å². The number of benzene rings is 1. The van der Waals surface area contributed by atoms with Crippen LogP contribution in [-0.2, 0) is 6.54 Å². The van der Waals surface area contributed by atoms with Gasteiger partial charge in [0.25, 0.3) is 5.56 Å². The lowest BCUT2D eigenvalue weighted by Crippen LogP contribution is -2.42. The number of fused-ring (bicyclic) bond motifs is 1. The first-order chi connectivity index (χ1) is 11.2. The number of aromatic nitrogens is 2. The van der Waals surface area contributed by atoms with E-state index in [0.717, 1.165) is 17.9 Å². The van der Waals surface area contributed by atoms with Crippen molar-refractivity contribution in [2.45, 2.75) is 32.0 Å². The van der Waals surface area contributed by atoms with E-state index in [9.17, 15) is 4.79 Å². The van der Waals surface area contributed by atoms with Crippen molar-refractivity contribution < 1.29 is 9.47 Å². The number of hydrogen-bond donors (Lipinski definition) is 1. The summed E-state index contributed by atoms with van der Waals surface area (Å²) < 4.78 is 13.1. The number of rotatable bonds is 6. The lowest BCUT2D eigenvalue weighted by atomic mass is 10.2. The Bertz CT molecular complexity index is 701. The Labute approximate surface area is 135 Å². The minimum absolute atomic E-state index is 0.00933. The third kappa shape index (κ3) is 4.10. The predicted octanol–water partition coefficient (Wildman–Crippen LogP) is 1.45. The topological polar surface area (TPSA) is 65.4 Å². The minimum Gasteiger partial charge on any atom is -0.486 e. The maximum atomic E-state index is 11.6. The van der Waals surface area contributed by atoms with Crippen molar-refractivity contribution in [2.75, 3.05) is 13.2 Å². The predicted molar refractivity (Wildman–Crippen MR) is 86.9 cm³/mol. The molecule has 6 nitrogen and oxygen atoms in total. The summed E-state index contributed by atoms with van der Waals surface area (Å²) in [5.41, 5.74) is -0.0691. The summed E-state index contributed by atoms with van der Waals surface area (Å²) in [6.07, 6.45) is 2.44. The number of aryl methyl sites for hydroxylation is 1. The van der Waals surface area contributed by atoms with E-state index in [2.05, 4.69) is 17.3 Å². The lowest BCUT2D eigenvalue weighted by Gasteiger charge is -2.27. The molecule has 1 aliphatic rings. The zero-order valence-corrected chi connectivity index (χ0v) is 13.1. The summed E-state index contributed by atoms with van der Waals surface area (Å²) >= 11 is 0. The Hall–Kier alpha value is -2.34. The summed E-state index contributed by atoms with van der Waals surface area (Å²) in [6.45, 7) is 3.92. The molecule has 23 heavy (non-hydrogen) atoms. The minimum atomic E-state index is -0.0691. The molecule has 1 N–H and O–H groups in total. The van der Waals surface area contributed by atoms with Gasteiger partial charge in [-0.05, 0) is 31.5 Å². The molecule has 0 bridgehead atoms. The zero-order valence-electron chi connectivity index (χ0n) is 13.1. The van der Waals surface area contributed by atoms with Gasteiger partial charge in [0.2, 0.25) is 0 Å². The van der Waals surface area contributed by atoms with Gasteiger partial charge in [0.15, 0.2) is 11.5 Å². The Morgan fingerprint density at radius 1 is 1.30 bits per heavy atom. The number of ether oxygens (including phenoxy) is 2. The first kappa shape index (κ1) is 15.6. The molecule has 122 valence electrons. The highest BCUT2D eigenvalue weighted by Gasteiger charge is 2.20. The van der Waals surface area contributed by atoms with Gasteiger partial charge in [-0.15, -0.1) is 0 Å². The molecule has 0 saturated carbocycles. The molecule has 1 aliphatic heterocycles. The van der Waals surface area contributed by atoms with Gasteiger partial charge in [-0.1, -0.05) is 12.1 Å². The maximum absolute atomic E-state index is 11.6. The highest BCUT2D eigenvalue weighted by molar-refractivity contribution is 5.40. The average Bonchev–Trinajstić information content (AvgIpc) is 2.59. The fourth-order valence-electron chi connectivity index (χ4n) is 2.47.